The third kappa shape index (κ3) is 3.90. The number of benzene rings is 1. The molecular formula is C20H26N4O2. The lowest BCUT2D eigenvalue weighted by molar-refractivity contribution is 0.102. The number of anilines is 1. The average Bonchev–Trinajstić information content (AvgIpc) is 3.36. The maximum absolute atomic E-state index is 12.6. The fourth-order valence-electron chi connectivity index (χ4n) is 3.77. The van der Waals surface area contributed by atoms with Crippen molar-refractivity contribution in [3.63, 3.8) is 0 Å². The molecular weight excluding hydrogens is 328 g/mol. The third-order valence-corrected chi connectivity index (χ3v) is 5.22. The molecule has 2 aromatic rings. The Kier molecular flexibility index (Phi) is 5.20. The van der Waals surface area contributed by atoms with E-state index in [2.05, 4.69) is 15.7 Å². The maximum Gasteiger partial charge on any atom is 0.276 e. The van der Waals surface area contributed by atoms with Crippen LogP contribution < -0.4 is 15.4 Å². The summed E-state index contributed by atoms with van der Waals surface area (Å²) in [6.45, 7) is 1.96. The summed E-state index contributed by atoms with van der Waals surface area (Å²) in [5, 5.41) is 10.8. The molecule has 1 atom stereocenters. The SMILES string of the molecule is O=C(Nc1ccccc1OC1CCCC1)c1ccn(C2CCCNC2)n1. The molecule has 0 radical (unpaired) electrons. The molecule has 6 nitrogen and oxygen atoms in total. The highest BCUT2D eigenvalue weighted by Gasteiger charge is 2.20. The first-order valence-corrected chi connectivity index (χ1v) is 9.62. The van der Waals surface area contributed by atoms with Gasteiger partial charge in [0.25, 0.3) is 5.91 Å². The zero-order valence-corrected chi connectivity index (χ0v) is 15.0. The van der Waals surface area contributed by atoms with Crippen LogP contribution >= 0.6 is 0 Å². The van der Waals surface area contributed by atoms with Gasteiger partial charge in [-0.1, -0.05) is 12.1 Å². The molecule has 2 fully saturated rings. The number of nitrogens with one attached hydrogen (secondary N) is 2. The molecule has 1 saturated heterocycles. The van der Waals surface area contributed by atoms with E-state index in [1.54, 1.807) is 6.07 Å². The molecule has 138 valence electrons. The second-order valence-electron chi connectivity index (χ2n) is 7.16. The number of aromatic nitrogens is 2. The minimum absolute atomic E-state index is 0.199. The zero-order valence-electron chi connectivity index (χ0n) is 15.0. The van der Waals surface area contributed by atoms with Crippen molar-refractivity contribution in [1.82, 2.24) is 15.1 Å². The van der Waals surface area contributed by atoms with Gasteiger partial charge in [-0.2, -0.15) is 5.10 Å². The van der Waals surface area contributed by atoms with E-state index in [0.717, 1.165) is 44.5 Å². The van der Waals surface area contributed by atoms with E-state index in [1.807, 2.05) is 35.1 Å². The van der Waals surface area contributed by atoms with E-state index in [9.17, 15) is 4.79 Å². The highest BCUT2D eigenvalue weighted by Crippen LogP contribution is 2.30. The van der Waals surface area contributed by atoms with Gasteiger partial charge in [0.15, 0.2) is 5.69 Å². The number of para-hydroxylation sites is 2. The van der Waals surface area contributed by atoms with Crippen molar-refractivity contribution in [1.29, 1.82) is 0 Å². The molecule has 1 aliphatic heterocycles. The van der Waals surface area contributed by atoms with Gasteiger partial charge in [0.05, 0.1) is 17.8 Å². The summed E-state index contributed by atoms with van der Waals surface area (Å²) in [7, 11) is 0. The van der Waals surface area contributed by atoms with Crippen LogP contribution in [0, 0.1) is 0 Å². The number of amides is 1. The zero-order chi connectivity index (χ0) is 17.8. The van der Waals surface area contributed by atoms with E-state index >= 15 is 0 Å². The Morgan fingerprint density at radius 2 is 2.00 bits per heavy atom. The van der Waals surface area contributed by atoms with Gasteiger partial charge < -0.3 is 15.4 Å². The van der Waals surface area contributed by atoms with Crippen LogP contribution in [0.2, 0.25) is 0 Å². The van der Waals surface area contributed by atoms with Crippen molar-refractivity contribution in [2.24, 2.45) is 0 Å². The minimum atomic E-state index is -0.199. The lowest BCUT2D eigenvalue weighted by Gasteiger charge is -2.22. The standard InChI is InChI=1S/C20H26N4O2/c25-20(18-11-13-24(23-18)15-6-5-12-21-14-15)22-17-9-3-4-10-19(17)26-16-7-1-2-8-16/h3-4,9-11,13,15-16,21H,1-2,5-8,12,14H2,(H,22,25). The molecule has 0 bridgehead atoms. The first-order valence-electron chi connectivity index (χ1n) is 9.62. The number of piperidine rings is 1. The number of hydrogen-bond acceptors (Lipinski definition) is 4. The van der Waals surface area contributed by atoms with Crippen LogP contribution in [0.15, 0.2) is 36.5 Å². The molecule has 26 heavy (non-hydrogen) atoms. The summed E-state index contributed by atoms with van der Waals surface area (Å²) < 4.78 is 8.00. The van der Waals surface area contributed by atoms with Crippen molar-refractivity contribution in [3.8, 4) is 5.75 Å². The van der Waals surface area contributed by atoms with Crippen LogP contribution in [0.3, 0.4) is 0 Å². The van der Waals surface area contributed by atoms with Gasteiger partial charge in [-0.15, -0.1) is 0 Å². The van der Waals surface area contributed by atoms with Gasteiger partial charge in [-0.05, 0) is 63.3 Å². The van der Waals surface area contributed by atoms with Crippen molar-refractivity contribution >= 4 is 11.6 Å². The third-order valence-electron chi connectivity index (χ3n) is 5.22. The number of hydrogen-bond donors (Lipinski definition) is 2. The molecule has 1 aromatic carbocycles. The first-order chi connectivity index (χ1) is 12.8. The van der Waals surface area contributed by atoms with Crippen LogP contribution in [0.1, 0.15) is 55.1 Å². The Morgan fingerprint density at radius 1 is 1.15 bits per heavy atom. The predicted molar refractivity (Wildman–Crippen MR) is 101 cm³/mol. The monoisotopic (exact) mass is 354 g/mol. The van der Waals surface area contributed by atoms with Gasteiger partial charge in [-0.25, -0.2) is 0 Å². The Labute approximate surface area is 153 Å². The quantitative estimate of drug-likeness (QED) is 0.864. The molecule has 1 amide bonds. The Hall–Kier alpha value is -2.34. The molecule has 2 N–H and O–H groups in total. The smallest absolute Gasteiger partial charge is 0.276 e. The molecule has 1 aliphatic carbocycles. The van der Waals surface area contributed by atoms with Crippen molar-refractivity contribution in [2.75, 3.05) is 18.4 Å². The van der Waals surface area contributed by atoms with Crippen molar-refractivity contribution in [2.45, 2.75) is 50.7 Å². The van der Waals surface area contributed by atoms with Crippen LogP contribution in [0.4, 0.5) is 5.69 Å². The Morgan fingerprint density at radius 3 is 2.81 bits per heavy atom. The van der Waals surface area contributed by atoms with E-state index in [4.69, 9.17) is 4.74 Å². The van der Waals surface area contributed by atoms with Gasteiger partial charge in [0, 0.05) is 12.7 Å². The summed E-state index contributed by atoms with van der Waals surface area (Å²) >= 11 is 0. The molecule has 6 heteroatoms. The van der Waals surface area contributed by atoms with E-state index < -0.39 is 0 Å². The van der Waals surface area contributed by atoms with Gasteiger partial charge >= 0.3 is 0 Å². The second-order valence-corrected chi connectivity index (χ2v) is 7.16. The van der Waals surface area contributed by atoms with Crippen LogP contribution in [0.5, 0.6) is 5.75 Å². The summed E-state index contributed by atoms with van der Waals surface area (Å²) in [4.78, 5) is 12.6. The highest BCUT2D eigenvalue weighted by atomic mass is 16.5. The fourth-order valence-corrected chi connectivity index (χ4v) is 3.77. The van der Waals surface area contributed by atoms with Gasteiger partial charge in [0.1, 0.15) is 5.75 Å². The summed E-state index contributed by atoms with van der Waals surface area (Å²) in [5.41, 5.74) is 1.14. The topological polar surface area (TPSA) is 68.2 Å². The molecule has 4 rings (SSSR count). The number of rotatable bonds is 5. The number of carbonyl (C=O) groups excluding carboxylic acids is 1. The average molecular weight is 354 g/mol. The highest BCUT2D eigenvalue weighted by molar-refractivity contribution is 6.03. The van der Waals surface area contributed by atoms with Gasteiger partial charge in [0.2, 0.25) is 0 Å². The van der Waals surface area contributed by atoms with Crippen molar-refractivity contribution in [3.05, 3.63) is 42.2 Å². The molecule has 0 spiro atoms. The summed E-state index contributed by atoms with van der Waals surface area (Å²) in [6.07, 6.45) is 8.98. The molecule has 2 aliphatic rings. The predicted octanol–water partition coefficient (Wildman–Crippen LogP) is 3.38. The molecule has 1 aromatic heterocycles. The first kappa shape index (κ1) is 17.1. The summed E-state index contributed by atoms with van der Waals surface area (Å²) in [6, 6.07) is 9.74. The van der Waals surface area contributed by atoms with E-state index in [1.165, 1.54) is 12.8 Å². The largest absolute Gasteiger partial charge is 0.488 e. The molecule has 2 heterocycles. The fraction of sp³-hybridized carbons (Fsp3) is 0.500. The molecule has 1 saturated carbocycles. The van der Waals surface area contributed by atoms with Crippen LogP contribution in [0.25, 0.3) is 0 Å². The maximum atomic E-state index is 12.6. The normalized spacial score (nSPS) is 20.8. The van der Waals surface area contributed by atoms with E-state index in [-0.39, 0.29) is 12.0 Å². The van der Waals surface area contributed by atoms with E-state index in [0.29, 0.717) is 17.4 Å². The lowest BCUT2D eigenvalue weighted by atomic mass is 10.1. The van der Waals surface area contributed by atoms with Gasteiger partial charge in [-0.3, -0.25) is 9.48 Å². The Bertz CT molecular complexity index is 746. The number of ether oxygens (including phenoxy) is 1. The Balaban J connectivity index is 1.44. The lowest BCUT2D eigenvalue weighted by Crippen LogP contribution is -2.32. The second kappa shape index (κ2) is 7.91. The molecule has 1 unspecified atom stereocenters. The van der Waals surface area contributed by atoms with Crippen LogP contribution in [-0.4, -0.2) is 34.9 Å². The van der Waals surface area contributed by atoms with Crippen molar-refractivity contribution < 1.29 is 9.53 Å². The minimum Gasteiger partial charge on any atom is -0.488 e. The number of carbonyl (C=O) groups is 1. The summed E-state index contributed by atoms with van der Waals surface area (Å²) in [5.74, 6) is 0.540. The van der Waals surface area contributed by atoms with Crippen LogP contribution in [-0.2, 0) is 0 Å². The number of nitrogens with zero attached hydrogens (tertiary/aromatic N) is 2.